The number of hydrogen-bond donors (Lipinski definition) is 1. The fourth-order valence-corrected chi connectivity index (χ4v) is 4.37. The first-order valence-electron chi connectivity index (χ1n) is 11.4. The molecule has 1 aromatic carbocycles. The van der Waals surface area contributed by atoms with Crippen LogP contribution >= 0.6 is 0 Å². The molecule has 0 aliphatic carbocycles. The van der Waals surface area contributed by atoms with E-state index in [1.807, 2.05) is 22.8 Å². The molecule has 1 N–H and O–H groups in total. The number of hydrogen-bond acceptors (Lipinski definition) is 5. The normalized spacial score (nSPS) is 18.4. The maximum atomic E-state index is 12.6. The van der Waals surface area contributed by atoms with Crippen LogP contribution in [-0.2, 0) is 14.3 Å². The second-order valence-corrected chi connectivity index (χ2v) is 8.78. The van der Waals surface area contributed by atoms with Gasteiger partial charge < -0.3 is 19.9 Å². The lowest BCUT2D eigenvalue weighted by Gasteiger charge is -2.18. The predicted octanol–water partition coefficient (Wildman–Crippen LogP) is 3.40. The summed E-state index contributed by atoms with van der Waals surface area (Å²) < 4.78 is 5.56. The third-order valence-corrected chi connectivity index (χ3v) is 6.18. The Morgan fingerprint density at radius 2 is 1.97 bits per heavy atom. The van der Waals surface area contributed by atoms with Gasteiger partial charge in [-0.05, 0) is 51.0 Å². The highest BCUT2D eigenvalue weighted by atomic mass is 16.5. The van der Waals surface area contributed by atoms with Gasteiger partial charge in [0.1, 0.15) is 6.61 Å². The van der Waals surface area contributed by atoms with E-state index in [0.717, 1.165) is 42.1 Å². The van der Waals surface area contributed by atoms with E-state index in [-0.39, 0.29) is 24.3 Å². The number of likely N-dealkylation sites (tertiary alicyclic amines) is 2. The van der Waals surface area contributed by atoms with Gasteiger partial charge in [0.05, 0.1) is 6.61 Å². The number of anilines is 2. The van der Waals surface area contributed by atoms with Crippen molar-refractivity contribution < 1.29 is 14.3 Å². The van der Waals surface area contributed by atoms with Crippen LogP contribution in [0.2, 0.25) is 0 Å². The van der Waals surface area contributed by atoms with Gasteiger partial charge in [-0.2, -0.15) is 0 Å². The highest BCUT2D eigenvalue weighted by Crippen LogP contribution is 2.29. The first-order valence-corrected chi connectivity index (χ1v) is 11.4. The van der Waals surface area contributed by atoms with Crippen LogP contribution in [0.3, 0.4) is 0 Å². The largest absolute Gasteiger partial charge is 0.370 e. The molecule has 3 heterocycles. The summed E-state index contributed by atoms with van der Waals surface area (Å²) in [6, 6.07) is 12.4. The zero-order valence-corrected chi connectivity index (χ0v) is 19.0. The van der Waals surface area contributed by atoms with E-state index >= 15 is 0 Å². The Labute approximate surface area is 189 Å². The van der Waals surface area contributed by atoms with Gasteiger partial charge in [-0.15, -0.1) is 0 Å². The SMILES string of the molecule is Cc1ccc(Nc2cc(C)nc([C@@H]3CCN(C(=O)COCCN4CCCC4=O)C3)c2)cc1. The molecule has 1 aromatic heterocycles. The van der Waals surface area contributed by atoms with Gasteiger partial charge in [0.15, 0.2) is 0 Å². The number of carbonyl (C=O) groups excluding carboxylic acids is 2. The number of aryl methyl sites for hydroxylation is 2. The Morgan fingerprint density at radius 3 is 2.72 bits per heavy atom. The van der Waals surface area contributed by atoms with Gasteiger partial charge in [0, 0.05) is 61.3 Å². The number of rotatable bonds is 8. The average molecular weight is 437 g/mol. The lowest BCUT2D eigenvalue weighted by atomic mass is 10.0. The van der Waals surface area contributed by atoms with Crippen LogP contribution < -0.4 is 5.32 Å². The standard InChI is InChI=1S/C25H32N4O3/c1-18-5-7-21(8-6-18)27-22-14-19(2)26-23(15-22)20-9-11-29(16-20)25(31)17-32-13-12-28-10-3-4-24(28)30/h5-8,14-15,20H,3-4,9-13,16-17H2,1-2H3,(H,26,27)/t20-/m1/s1. The molecule has 0 spiro atoms. The highest BCUT2D eigenvalue weighted by molar-refractivity contribution is 5.78. The third kappa shape index (κ3) is 5.65. The van der Waals surface area contributed by atoms with Crippen molar-refractivity contribution >= 4 is 23.2 Å². The summed E-state index contributed by atoms with van der Waals surface area (Å²) in [5, 5.41) is 3.46. The summed E-state index contributed by atoms with van der Waals surface area (Å²) in [5.41, 5.74) is 5.26. The molecule has 32 heavy (non-hydrogen) atoms. The fourth-order valence-electron chi connectivity index (χ4n) is 4.37. The molecule has 170 valence electrons. The van der Waals surface area contributed by atoms with Crippen molar-refractivity contribution in [3.05, 3.63) is 53.3 Å². The van der Waals surface area contributed by atoms with Crippen LogP contribution in [0.1, 0.15) is 42.1 Å². The maximum Gasteiger partial charge on any atom is 0.248 e. The maximum absolute atomic E-state index is 12.6. The molecule has 1 atom stereocenters. The monoisotopic (exact) mass is 436 g/mol. The molecule has 0 radical (unpaired) electrons. The number of nitrogens with one attached hydrogen (secondary N) is 1. The summed E-state index contributed by atoms with van der Waals surface area (Å²) in [6.07, 6.45) is 2.44. The third-order valence-electron chi connectivity index (χ3n) is 6.18. The second kappa shape index (κ2) is 10.1. The topological polar surface area (TPSA) is 74.8 Å². The Bertz CT molecular complexity index is 960. The quantitative estimate of drug-likeness (QED) is 0.642. The average Bonchev–Trinajstić information content (AvgIpc) is 3.42. The lowest BCUT2D eigenvalue weighted by Crippen LogP contribution is -2.34. The molecule has 0 unspecified atom stereocenters. The second-order valence-electron chi connectivity index (χ2n) is 8.78. The van der Waals surface area contributed by atoms with Gasteiger partial charge in [0.2, 0.25) is 11.8 Å². The highest BCUT2D eigenvalue weighted by Gasteiger charge is 2.28. The van der Waals surface area contributed by atoms with Gasteiger partial charge in [-0.3, -0.25) is 14.6 Å². The Morgan fingerprint density at radius 1 is 1.16 bits per heavy atom. The number of benzene rings is 1. The molecule has 2 aliphatic rings. The van der Waals surface area contributed by atoms with E-state index < -0.39 is 0 Å². The van der Waals surface area contributed by atoms with Crippen LogP contribution in [-0.4, -0.2) is 66.0 Å². The van der Waals surface area contributed by atoms with Crippen LogP contribution in [0.4, 0.5) is 11.4 Å². The Balaban J connectivity index is 1.28. The Kier molecular flexibility index (Phi) is 7.05. The molecule has 0 bridgehead atoms. The smallest absolute Gasteiger partial charge is 0.248 e. The minimum atomic E-state index is 0.00547. The van der Waals surface area contributed by atoms with Crippen molar-refractivity contribution in [2.75, 3.05) is 44.7 Å². The predicted molar refractivity (Wildman–Crippen MR) is 124 cm³/mol. The number of ether oxygens (including phenoxy) is 1. The van der Waals surface area contributed by atoms with Crippen molar-refractivity contribution in [3.8, 4) is 0 Å². The number of aromatic nitrogens is 1. The molecule has 0 saturated carbocycles. The summed E-state index contributed by atoms with van der Waals surface area (Å²) in [4.78, 5) is 32.6. The summed E-state index contributed by atoms with van der Waals surface area (Å²) >= 11 is 0. The van der Waals surface area contributed by atoms with Gasteiger partial charge in [0.25, 0.3) is 0 Å². The number of amides is 2. The van der Waals surface area contributed by atoms with Crippen LogP contribution in [0, 0.1) is 13.8 Å². The zero-order chi connectivity index (χ0) is 22.5. The molecule has 2 fully saturated rings. The molecule has 7 nitrogen and oxygen atoms in total. The summed E-state index contributed by atoms with van der Waals surface area (Å²) in [6.45, 7) is 7.29. The first-order chi connectivity index (χ1) is 15.5. The molecular weight excluding hydrogens is 404 g/mol. The molecule has 2 aliphatic heterocycles. The molecule has 2 aromatic rings. The summed E-state index contributed by atoms with van der Waals surface area (Å²) in [5.74, 6) is 0.412. The van der Waals surface area contributed by atoms with Crippen molar-refractivity contribution in [3.63, 3.8) is 0 Å². The van der Waals surface area contributed by atoms with Gasteiger partial charge >= 0.3 is 0 Å². The van der Waals surface area contributed by atoms with Crippen molar-refractivity contribution in [2.24, 2.45) is 0 Å². The molecule has 7 heteroatoms. The molecular formula is C25H32N4O3. The van der Waals surface area contributed by atoms with E-state index in [0.29, 0.717) is 32.7 Å². The van der Waals surface area contributed by atoms with E-state index in [1.165, 1.54) is 5.56 Å². The van der Waals surface area contributed by atoms with Crippen LogP contribution in [0.25, 0.3) is 0 Å². The van der Waals surface area contributed by atoms with Crippen molar-refractivity contribution in [1.82, 2.24) is 14.8 Å². The van der Waals surface area contributed by atoms with Crippen LogP contribution in [0.15, 0.2) is 36.4 Å². The molecule has 2 saturated heterocycles. The number of nitrogens with zero attached hydrogens (tertiary/aromatic N) is 3. The minimum absolute atomic E-state index is 0.00547. The van der Waals surface area contributed by atoms with Crippen molar-refractivity contribution in [2.45, 2.75) is 39.0 Å². The summed E-state index contributed by atoms with van der Waals surface area (Å²) in [7, 11) is 0. The van der Waals surface area contributed by atoms with Gasteiger partial charge in [-0.25, -0.2) is 0 Å². The van der Waals surface area contributed by atoms with Gasteiger partial charge in [-0.1, -0.05) is 17.7 Å². The van der Waals surface area contributed by atoms with Crippen molar-refractivity contribution in [1.29, 1.82) is 0 Å². The zero-order valence-electron chi connectivity index (χ0n) is 19.0. The Hall–Kier alpha value is -2.93. The van der Waals surface area contributed by atoms with E-state index in [4.69, 9.17) is 9.72 Å². The minimum Gasteiger partial charge on any atom is -0.370 e. The van der Waals surface area contributed by atoms with E-state index in [1.54, 1.807) is 0 Å². The first kappa shape index (κ1) is 22.3. The van der Waals surface area contributed by atoms with E-state index in [9.17, 15) is 9.59 Å². The molecule has 2 amide bonds. The molecule has 4 rings (SSSR count). The fraction of sp³-hybridized carbons (Fsp3) is 0.480. The lowest BCUT2D eigenvalue weighted by molar-refractivity contribution is -0.135. The number of pyridine rings is 1. The van der Waals surface area contributed by atoms with E-state index in [2.05, 4.69) is 42.6 Å². The van der Waals surface area contributed by atoms with Crippen LogP contribution in [0.5, 0.6) is 0 Å². The number of carbonyl (C=O) groups is 2.